The van der Waals surface area contributed by atoms with Crippen LogP contribution in [0.5, 0.6) is 0 Å². The summed E-state index contributed by atoms with van der Waals surface area (Å²) in [5, 5.41) is 0. The Bertz CT molecular complexity index is 400. The Morgan fingerprint density at radius 1 is 1.50 bits per heavy atom. The van der Waals surface area contributed by atoms with Gasteiger partial charge in [0, 0.05) is 18.7 Å². The monoisotopic (exact) mass is 191 g/mol. The van der Waals surface area contributed by atoms with Crippen molar-refractivity contribution in [3.63, 3.8) is 0 Å². The molecule has 4 heteroatoms. The van der Waals surface area contributed by atoms with E-state index in [9.17, 15) is 4.79 Å². The van der Waals surface area contributed by atoms with Gasteiger partial charge in [-0.3, -0.25) is 4.79 Å². The van der Waals surface area contributed by atoms with Crippen LogP contribution in [0.25, 0.3) is 0 Å². The molecule has 1 aliphatic heterocycles. The van der Waals surface area contributed by atoms with E-state index >= 15 is 0 Å². The van der Waals surface area contributed by atoms with E-state index < -0.39 is 0 Å². The highest BCUT2D eigenvalue weighted by molar-refractivity contribution is 5.40. The molecule has 2 atom stereocenters. The fourth-order valence-electron chi connectivity index (χ4n) is 2.72. The summed E-state index contributed by atoms with van der Waals surface area (Å²) in [4.78, 5) is 20.2. The molecule has 0 amide bonds. The summed E-state index contributed by atoms with van der Waals surface area (Å²) in [5.41, 5.74) is -0.0576. The number of aromatic amines is 1. The molecule has 2 aliphatic rings. The molecule has 0 aromatic carbocycles. The standard InChI is InChI=1S/C10H13N3O/c14-10-4-9(11-6-12-10)13-5-7-1-2-8(13)3-7/h4,6-8H,1-3,5H2,(H,11,12,14). The van der Waals surface area contributed by atoms with E-state index in [4.69, 9.17) is 0 Å². The Balaban J connectivity index is 1.93. The normalized spacial score (nSPS) is 29.9. The zero-order chi connectivity index (χ0) is 9.54. The first-order chi connectivity index (χ1) is 6.83. The quantitative estimate of drug-likeness (QED) is 0.713. The highest BCUT2D eigenvalue weighted by atomic mass is 16.1. The van der Waals surface area contributed by atoms with Crippen LogP contribution >= 0.6 is 0 Å². The molecule has 1 saturated carbocycles. The summed E-state index contributed by atoms with van der Waals surface area (Å²) in [7, 11) is 0. The van der Waals surface area contributed by atoms with Gasteiger partial charge in [0.2, 0.25) is 0 Å². The summed E-state index contributed by atoms with van der Waals surface area (Å²) in [5.74, 6) is 1.68. The fraction of sp³-hybridized carbons (Fsp3) is 0.600. The molecule has 14 heavy (non-hydrogen) atoms. The number of fused-ring (bicyclic) bond motifs is 2. The first-order valence-corrected chi connectivity index (χ1v) is 5.14. The van der Waals surface area contributed by atoms with Gasteiger partial charge in [-0.15, -0.1) is 0 Å². The molecule has 2 heterocycles. The van der Waals surface area contributed by atoms with Crippen molar-refractivity contribution < 1.29 is 0 Å². The van der Waals surface area contributed by atoms with Crippen molar-refractivity contribution in [2.45, 2.75) is 25.3 Å². The molecule has 4 nitrogen and oxygen atoms in total. The van der Waals surface area contributed by atoms with E-state index in [1.165, 1.54) is 25.6 Å². The third-order valence-electron chi connectivity index (χ3n) is 3.37. The molecule has 2 unspecified atom stereocenters. The predicted octanol–water partition coefficient (Wildman–Crippen LogP) is 0.759. The third-order valence-corrected chi connectivity index (χ3v) is 3.37. The zero-order valence-corrected chi connectivity index (χ0v) is 7.94. The molecule has 0 spiro atoms. The topological polar surface area (TPSA) is 49.0 Å². The van der Waals surface area contributed by atoms with Crippen molar-refractivity contribution in [3.05, 3.63) is 22.7 Å². The molecule has 3 rings (SSSR count). The van der Waals surface area contributed by atoms with Crippen LogP contribution in [0.1, 0.15) is 19.3 Å². The van der Waals surface area contributed by atoms with Gasteiger partial charge in [-0.1, -0.05) is 0 Å². The summed E-state index contributed by atoms with van der Waals surface area (Å²) in [6.45, 7) is 1.08. The minimum absolute atomic E-state index is 0.0576. The second kappa shape index (κ2) is 2.83. The lowest BCUT2D eigenvalue weighted by Gasteiger charge is -2.27. The van der Waals surface area contributed by atoms with Crippen LogP contribution in [0.2, 0.25) is 0 Å². The van der Waals surface area contributed by atoms with Gasteiger partial charge in [-0.2, -0.15) is 0 Å². The Morgan fingerprint density at radius 2 is 2.43 bits per heavy atom. The molecule has 1 aromatic rings. The SMILES string of the molecule is O=c1cc(N2CC3CCC2C3)nc[nH]1. The lowest BCUT2D eigenvalue weighted by atomic mass is 10.1. The van der Waals surface area contributed by atoms with Gasteiger partial charge in [-0.25, -0.2) is 4.98 Å². The third kappa shape index (κ3) is 1.14. The minimum atomic E-state index is -0.0576. The first kappa shape index (κ1) is 8.03. The summed E-state index contributed by atoms with van der Waals surface area (Å²) in [6, 6.07) is 2.23. The van der Waals surface area contributed by atoms with Crippen molar-refractivity contribution in [3.8, 4) is 0 Å². The molecular formula is C10H13N3O. The van der Waals surface area contributed by atoms with E-state index in [1.54, 1.807) is 6.07 Å². The Kier molecular flexibility index (Phi) is 1.63. The van der Waals surface area contributed by atoms with Gasteiger partial charge in [0.05, 0.1) is 6.33 Å². The number of nitrogens with one attached hydrogen (secondary N) is 1. The van der Waals surface area contributed by atoms with Crippen LogP contribution < -0.4 is 10.5 Å². The smallest absolute Gasteiger partial charge is 0.252 e. The molecular weight excluding hydrogens is 178 g/mol. The van der Waals surface area contributed by atoms with Gasteiger partial charge in [0.15, 0.2) is 0 Å². The average Bonchev–Trinajstić information content (AvgIpc) is 2.78. The van der Waals surface area contributed by atoms with Gasteiger partial charge >= 0.3 is 0 Å². The van der Waals surface area contributed by atoms with Gasteiger partial charge in [0.25, 0.3) is 5.56 Å². The number of nitrogens with zero attached hydrogens (tertiary/aromatic N) is 2. The van der Waals surface area contributed by atoms with Crippen molar-refractivity contribution in [2.75, 3.05) is 11.4 Å². The van der Waals surface area contributed by atoms with E-state index in [-0.39, 0.29) is 5.56 Å². The van der Waals surface area contributed by atoms with Crippen LogP contribution in [0.15, 0.2) is 17.2 Å². The zero-order valence-electron chi connectivity index (χ0n) is 7.94. The van der Waals surface area contributed by atoms with Crippen molar-refractivity contribution in [1.82, 2.24) is 9.97 Å². The fourth-order valence-corrected chi connectivity index (χ4v) is 2.72. The van der Waals surface area contributed by atoms with Crippen LogP contribution in [0.3, 0.4) is 0 Å². The largest absolute Gasteiger partial charge is 0.353 e. The molecule has 1 saturated heterocycles. The first-order valence-electron chi connectivity index (χ1n) is 5.14. The molecule has 2 bridgehead atoms. The lowest BCUT2D eigenvalue weighted by molar-refractivity contribution is 0.550. The van der Waals surface area contributed by atoms with Crippen LogP contribution in [-0.4, -0.2) is 22.6 Å². The number of anilines is 1. The maximum atomic E-state index is 11.1. The van der Waals surface area contributed by atoms with Crippen LogP contribution in [-0.2, 0) is 0 Å². The minimum Gasteiger partial charge on any atom is -0.353 e. The number of hydrogen-bond donors (Lipinski definition) is 1. The number of rotatable bonds is 1. The van der Waals surface area contributed by atoms with Gasteiger partial charge < -0.3 is 9.88 Å². The van der Waals surface area contributed by atoms with Gasteiger partial charge in [-0.05, 0) is 25.2 Å². The molecule has 74 valence electrons. The lowest BCUT2D eigenvalue weighted by Crippen LogP contribution is -2.33. The van der Waals surface area contributed by atoms with Crippen LogP contribution in [0, 0.1) is 5.92 Å². The maximum absolute atomic E-state index is 11.1. The highest BCUT2D eigenvalue weighted by Crippen LogP contribution is 2.38. The molecule has 0 radical (unpaired) electrons. The number of H-pyrrole nitrogens is 1. The van der Waals surface area contributed by atoms with Gasteiger partial charge in [0.1, 0.15) is 5.82 Å². The number of piperidine rings is 1. The predicted molar refractivity (Wildman–Crippen MR) is 53.3 cm³/mol. The highest BCUT2D eigenvalue weighted by Gasteiger charge is 2.38. The molecule has 1 N–H and O–H groups in total. The van der Waals surface area contributed by atoms with Crippen molar-refractivity contribution in [2.24, 2.45) is 5.92 Å². The number of aromatic nitrogens is 2. The van der Waals surface area contributed by atoms with Crippen LogP contribution in [0.4, 0.5) is 5.82 Å². The Hall–Kier alpha value is -1.32. The molecule has 1 aromatic heterocycles. The Morgan fingerprint density at radius 3 is 3.07 bits per heavy atom. The molecule has 2 fully saturated rings. The second-order valence-electron chi connectivity index (χ2n) is 4.25. The van der Waals surface area contributed by atoms with Crippen molar-refractivity contribution in [1.29, 1.82) is 0 Å². The summed E-state index contributed by atoms with van der Waals surface area (Å²) >= 11 is 0. The molecule has 1 aliphatic carbocycles. The number of hydrogen-bond acceptors (Lipinski definition) is 3. The van der Waals surface area contributed by atoms with E-state index in [1.807, 2.05) is 0 Å². The van der Waals surface area contributed by atoms with E-state index in [2.05, 4.69) is 14.9 Å². The van der Waals surface area contributed by atoms with Crippen molar-refractivity contribution >= 4 is 5.82 Å². The maximum Gasteiger partial charge on any atom is 0.252 e. The van der Waals surface area contributed by atoms with E-state index in [0.29, 0.717) is 6.04 Å². The van der Waals surface area contributed by atoms with E-state index in [0.717, 1.165) is 18.3 Å². The second-order valence-corrected chi connectivity index (χ2v) is 4.25. The summed E-state index contributed by atoms with van der Waals surface area (Å²) in [6.07, 6.45) is 5.39. The average molecular weight is 191 g/mol. The Labute approximate surface area is 82.0 Å². The summed E-state index contributed by atoms with van der Waals surface area (Å²) < 4.78 is 0.